The van der Waals surface area contributed by atoms with E-state index in [0.717, 1.165) is 17.7 Å². The molecule has 9 heteroatoms. The number of carbonyl (C=O) groups excluding carboxylic acids is 4. The summed E-state index contributed by atoms with van der Waals surface area (Å²) in [6.07, 6.45) is 3.17. The topological polar surface area (TPSA) is 102 Å². The van der Waals surface area contributed by atoms with Crippen molar-refractivity contribution < 1.29 is 28.7 Å². The van der Waals surface area contributed by atoms with Crippen LogP contribution in [0.5, 0.6) is 5.75 Å². The van der Waals surface area contributed by atoms with Crippen LogP contribution in [0.3, 0.4) is 0 Å². The molecule has 1 saturated carbocycles. The molecule has 1 heterocycles. The first-order chi connectivity index (χ1) is 13.4. The molecular formula is C19H21ClN2O6. The Hall–Kier alpha value is -2.61. The molecule has 2 atom stereocenters. The largest absolute Gasteiger partial charge is 0.495 e. The van der Waals surface area contributed by atoms with E-state index in [1.54, 1.807) is 12.1 Å². The number of halogens is 1. The molecule has 1 saturated heterocycles. The first-order valence-corrected chi connectivity index (χ1v) is 9.42. The fraction of sp³-hybridized carbons (Fsp3) is 0.474. The van der Waals surface area contributed by atoms with Crippen molar-refractivity contribution >= 4 is 41.0 Å². The lowest BCUT2D eigenvalue weighted by Gasteiger charge is -2.19. The Labute approximate surface area is 167 Å². The van der Waals surface area contributed by atoms with Gasteiger partial charge in [0.2, 0.25) is 11.8 Å². The monoisotopic (exact) mass is 408 g/mol. The molecule has 150 valence electrons. The van der Waals surface area contributed by atoms with E-state index in [2.05, 4.69) is 5.32 Å². The minimum atomic E-state index is -0.803. The van der Waals surface area contributed by atoms with Gasteiger partial charge < -0.3 is 14.8 Å². The summed E-state index contributed by atoms with van der Waals surface area (Å²) in [5, 5.41) is 2.86. The lowest BCUT2D eigenvalue weighted by atomic mass is 9.81. The minimum Gasteiger partial charge on any atom is -0.495 e. The zero-order valence-electron chi connectivity index (χ0n) is 15.4. The molecule has 0 unspecified atom stereocenters. The summed E-state index contributed by atoms with van der Waals surface area (Å²) < 4.78 is 9.93. The minimum absolute atomic E-state index is 0.316. The molecule has 1 aliphatic carbocycles. The predicted molar refractivity (Wildman–Crippen MR) is 99.8 cm³/mol. The molecule has 28 heavy (non-hydrogen) atoms. The highest BCUT2D eigenvalue weighted by Crippen LogP contribution is 2.37. The number of methoxy groups -OCH3 is 1. The maximum atomic E-state index is 12.3. The van der Waals surface area contributed by atoms with Crippen molar-refractivity contribution in [2.45, 2.75) is 25.7 Å². The molecule has 0 bridgehead atoms. The predicted octanol–water partition coefficient (Wildman–Crippen LogP) is 2.01. The van der Waals surface area contributed by atoms with Crippen molar-refractivity contribution in [1.29, 1.82) is 0 Å². The molecule has 2 aliphatic rings. The van der Waals surface area contributed by atoms with Gasteiger partial charge in [-0.2, -0.15) is 0 Å². The van der Waals surface area contributed by atoms with Crippen molar-refractivity contribution in [2.75, 3.05) is 25.6 Å². The molecule has 1 aliphatic heterocycles. The van der Waals surface area contributed by atoms with Crippen LogP contribution in [-0.2, 0) is 23.9 Å². The number of esters is 1. The lowest BCUT2D eigenvalue weighted by Crippen LogP contribution is -2.37. The van der Waals surface area contributed by atoms with Crippen molar-refractivity contribution in [3.63, 3.8) is 0 Å². The molecule has 0 radical (unpaired) electrons. The van der Waals surface area contributed by atoms with E-state index in [1.165, 1.54) is 13.2 Å². The van der Waals surface area contributed by atoms with Gasteiger partial charge in [0, 0.05) is 5.69 Å². The van der Waals surface area contributed by atoms with Crippen LogP contribution >= 0.6 is 11.6 Å². The summed E-state index contributed by atoms with van der Waals surface area (Å²) in [4.78, 5) is 49.6. The Balaban J connectivity index is 1.49. The van der Waals surface area contributed by atoms with E-state index in [1.807, 2.05) is 0 Å². The number of rotatable bonds is 6. The molecule has 1 N–H and O–H groups in total. The summed E-state index contributed by atoms with van der Waals surface area (Å²) >= 11 is 5.98. The summed E-state index contributed by atoms with van der Waals surface area (Å²) in [7, 11) is 1.48. The van der Waals surface area contributed by atoms with E-state index in [0.29, 0.717) is 29.3 Å². The number of carbonyl (C=O) groups is 4. The van der Waals surface area contributed by atoms with Gasteiger partial charge in [0.25, 0.3) is 5.91 Å². The van der Waals surface area contributed by atoms with E-state index in [9.17, 15) is 19.2 Å². The van der Waals surface area contributed by atoms with Crippen LogP contribution in [0.1, 0.15) is 25.7 Å². The van der Waals surface area contributed by atoms with Gasteiger partial charge in [-0.3, -0.25) is 24.1 Å². The van der Waals surface area contributed by atoms with Crippen molar-refractivity contribution in [1.82, 2.24) is 4.90 Å². The second-order valence-corrected chi connectivity index (χ2v) is 7.23. The van der Waals surface area contributed by atoms with Gasteiger partial charge in [0.1, 0.15) is 12.3 Å². The number of fused-ring (bicyclic) bond motifs is 1. The van der Waals surface area contributed by atoms with Crippen LogP contribution in [0.4, 0.5) is 5.69 Å². The number of ether oxygens (including phenoxy) is 2. The van der Waals surface area contributed by atoms with Gasteiger partial charge >= 0.3 is 5.97 Å². The first kappa shape index (κ1) is 20.1. The summed E-state index contributed by atoms with van der Waals surface area (Å²) in [5.41, 5.74) is 0.417. The Bertz CT molecular complexity index is 788. The van der Waals surface area contributed by atoms with Crippen LogP contribution in [0.15, 0.2) is 18.2 Å². The Morgan fingerprint density at radius 1 is 1.18 bits per heavy atom. The van der Waals surface area contributed by atoms with E-state index >= 15 is 0 Å². The smallest absolute Gasteiger partial charge is 0.326 e. The fourth-order valence-corrected chi connectivity index (χ4v) is 3.91. The number of imide groups is 1. The van der Waals surface area contributed by atoms with Crippen LogP contribution in [0.25, 0.3) is 0 Å². The Morgan fingerprint density at radius 2 is 1.82 bits per heavy atom. The Kier molecular flexibility index (Phi) is 6.18. The van der Waals surface area contributed by atoms with Crippen LogP contribution < -0.4 is 10.1 Å². The van der Waals surface area contributed by atoms with Gasteiger partial charge in [0.15, 0.2) is 6.61 Å². The molecule has 2 fully saturated rings. The summed E-state index contributed by atoms with van der Waals surface area (Å²) in [6, 6.07) is 4.69. The highest BCUT2D eigenvalue weighted by molar-refractivity contribution is 6.32. The molecule has 1 aromatic rings. The standard InChI is InChI=1S/C19H21ClN2O6/c1-27-15-7-6-11(8-14(15)20)21-16(23)10-28-17(24)9-22-18(25)12-4-2-3-5-13(12)19(22)26/h6-8,12-13H,2-5,9-10H2,1H3,(H,21,23)/t12-,13+. The number of benzene rings is 1. The van der Waals surface area contributed by atoms with Crippen LogP contribution in [0.2, 0.25) is 5.02 Å². The average Bonchev–Trinajstić information content (AvgIpc) is 2.92. The van der Waals surface area contributed by atoms with Crippen molar-refractivity contribution in [3.05, 3.63) is 23.2 Å². The third-order valence-electron chi connectivity index (χ3n) is 5.02. The van der Waals surface area contributed by atoms with Gasteiger partial charge in [-0.15, -0.1) is 0 Å². The first-order valence-electron chi connectivity index (χ1n) is 9.05. The number of amides is 3. The van der Waals surface area contributed by atoms with Crippen LogP contribution in [0, 0.1) is 11.8 Å². The second-order valence-electron chi connectivity index (χ2n) is 6.82. The zero-order chi connectivity index (χ0) is 20.3. The zero-order valence-corrected chi connectivity index (χ0v) is 16.2. The normalized spacial score (nSPS) is 21.3. The van der Waals surface area contributed by atoms with Gasteiger partial charge in [-0.25, -0.2) is 0 Å². The maximum absolute atomic E-state index is 12.3. The number of anilines is 1. The third-order valence-corrected chi connectivity index (χ3v) is 5.31. The van der Waals surface area contributed by atoms with Gasteiger partial charge in [-0.1, -0.05) is 24.4 Å². The van der Waals surface area contributed by atoms with E-state index < -0.39 is 25.0 Å². The third kappa shape index (κ3) is 4.27. The number of nitrogens with zero attached hydrogens (tertiary/aromatic N) is 1. The SMILES string of the molecule is COc1ccc(NC(=O)COC(=O)CN2C(=O)[C@H]3CCCC[C@H]3C2=O)cc1Cl. The quantitative estimate of drug-likeness (QED) is 0.570. The average molecular weight is 409 g/mol. The molecule has 0 spiro atoms. The number of likely N-dealkylation sites (tertiary alicyclic amines) is 1. The fourth-order valence-electron chi connectivity index (χ4n) is 3.65. The van der Waals surface area contributed by atoms with E-state index in [-0.39, 0.29) is 23.7 Å². The molecule has 1 aromatic carbocycles. The lowest BCUT2D eigenvalue weighted by molar-refractivity contribution is -0.154. The van der Waals surface area contributed by atoms with Crippen molar-refractivity contribution in [3.8, 4) is 5.75 Å². The van der Waals surface area contributed by atoms with Crippen LogP contribution in [-0.4, -0.2) is 48.9 Å². The highest BCUT2D eigenvalue weighted by atomic mass is 35.5. The molecular weight excluding hydrogens is 388 g/mol. The van der Waals surface area contributed by atoms with Crippen molar-refractivity contribution in [2.24, 2.45) is 11.8 Å². The second kappa shape index (κ2) is 8.60. The van der Waals surface area contributed by atoms with Gasteiger partial charge in [-0.05, 0) is 31.0 Å². The molecule has 3 rings (SSSR count). The highest BCUT2D eigenvalue weighted by Gasteiger charge is 2.48. The number of hydrogen-bond acceptors (Lipinski definition) is 6. The van der Waals surface area contributed by atoms with Gasteiger partial charge in [0.05, 0.1) is 24.0 Å². The molecule has 8 nitrogen and oxygen atoms in total. The number of hydrogen-bond donors (Lipinski definition) is 1. The van der Waals surface area contributed by atoms with E-state index in [4.69, 9.17) is 21.1 Å². The number of nitrogens with one attached hydrogen (secondary N) is 1. The summed E-state index contributed by atoms with van der Waals surface area (Å²) in [5.74, 6) is -2.18. The maximum Gasteiger partial charge on any atom is 0.326 e. The molecule has 3 amide bonds. The molecule has 0 aromatic heterocycles. The summed E-state index contributed by atoms with van der Waals surface area (Å²) in [6.45, 7) is -1.00. The Morgan fingerprint density at radius 3 is 2.39 bits per heavy atom.